The minimum absolute atomic E-state index is 0.285. The molecule has 1 heteroatoms. The highest BCUT2D eigenvalue weighted by atomic mass is 16.1. The Morgan fingerprint density at radius 1 is 1.73 bits per heavy atom. The van der Waals surface area contributed by atoms with Gasteiger partial charge in [-0.3, -0.25) is 4.79 Å². The molecule has 0 aromatic heterocycles. The van der Waals surface area contributed by atoms with Gasteiger partial charge in [0.2, 0.25) is 0 Å². The summed E-state index contributed by atoms with van der Waals surface area (Å²) in [7, 11) is 0. The Morgan fingerprint density at radius 2 is 2.36 bits per heavy atom. The predicted molar refractivity (Wildman–Crippen MR) is 46.3 cm³/mol. The van der Waals surface area contributed by atoms with Crippen molar-refractivity contribution in [3.8, 4) is 0 Å². The van der Waals surface area contributed by atoms with E-state index in [1.807, 2.05) is 6.92 Å². The fourth-order valence-electron chi connectivity index (χ4n) is 1.76. The third kappa shape index (κ3) is 1.92. The Labute approximate surface area is 68.5 Å². The smallest absolute Gasteiger partial charge is 0.136 e. The van der Waals surface area contributed by atoms with E-state index in [9.17, 15) is 4.79 Å². The molecule has 1 aliphatic carbocycles. The first-order valence-electron chi connectivity index (χ1n) is 4.28. The zero-order chi connectivity index (χ0) is 8.43. The largest absolute Gasteiger partial charge is 0.299 e. The predicted octanol–water partition coefficient (Wildman–Crippen LogP) is 2.57. The normalized spacial score (nSPS) is 30.9. The molecule has 11 heavy (non-hydrogen) atoms. The summed E-state index contributed by atoms with van der Waals surface area (Å²) in [4.78, 5) is 11.3. The number of carbonyl (C=O) groups excluding carboxylic acids is 1. The first kappa shape index (κ1) is 8.51. The van der Waals surface area contributed by atoms with Crippen molar-refractivity contribution in [1.82, 2.24) is 0 Å². The zero-order valence-corrected chi connectivity index (χ0v) is 7.39. The van der Waals surface area contributed by atoms with Crippen LogP contribution in [-0.4, -0.2) is 5.78 Å². The van der Waals surface area contributed by atoms with Crippen LogP contribution in [0.25, 0.3) is 0 Å². The fourth-order valence-corrected chi connectivity index (χ4v) is 1.76. The summed E-state index contributed by atoms with van der Waals surface area (Å²) in [6.07, 6.45) is 2.77. The van der Waals surface area contributed by atoms with Crippen molar-refractivity contribution in [1.29, 1.82) is 0 Å². The highest BCUT2D eigenvalue weighted by Gasteiger charge is 2.30. The molecule has 0 aromatic carbocycles. The molecule has 0 radical (unpaired) electrons. The average molecular weight is 152 g/mol. The second kappa shape index (κ2) is 3.21. The molecular formula is C10H16O. The van der Waals surface area contributed by atoms with Gasteiger partial charge in [-0.1, -0.05) is 12.5 Å². The van der Waals surface area contributed by atoms with E-state index in [0.29, 0.717) is 11.7 Å². The topological polar surface area (TPSA) is 17.1 Å². The number of carbonyl (C=O) groups is 1. The summed E-state index contributed by atoms with van der Waals surface area (Å²) < 4.78 is 0. The van der Waals surface area contributed by atoms with Crippen molar-refractivity contribution >= 4 is 5.78 Å². The lowest BCUT2D eigenvalue weighted by atomic mass is 9.91. The lowest BCUT2D eigenvalue weighted by Crippen LogP contribution is -2.12. The molecule has 1 saturated carbocycles. The van der Waals surface area contributed by atoms with Crippen LogP contribution >= 0.6 is 0 Å². The molecule has 0 spiro atoms. The first-order valence-corrected chi connectivity index (χ1v) is 4.28. The Hall–Kier alpha value is -0.590. The molecular weight excluding hydrogens is 136 g/mol. The van der Waals surface area contributed by atoms with Gasteiger partial charge >= 0.3 is 0 Å². The van der Waals surface area contributed by atoms with Crippen LogP contribution in [-0.2, 0) is 4.79 Å². The average Bonchev–Trinajstić information content (AvgIpc) is 2.18. The second-order valence-corrected chi connectivity index (χ2v) is 3.75. The summed E-state index contributed by atoms with van der Waals surface area (Å²) in [5, 5.41) is 0. The number of allylic oxidation sites excluding steroid dienone is 1. The lowest BCUT2D eigenvalue weighted by molar-refractivity contribution is -0.121. The quantitative estimate of drug-likeness (QED) is 0.556. The SMILES string of the molecule is C=C(C)C[C@H]1C(=O)CC[C@@H]1C. The van der Waals surface area contributed by atoms with Crippen LogP contribution in [0.4, 0.5) is 0 Å². The third-order valence-corrected chi connectivity index (χ3v) is 2.51. The van der Waals surface area contributed by atoms with Crippen molar-refractivity contribution in [3.63, 3.8) is 0 Å². The van der Waals surface area contributed by atoms with Crippen molar-refractivity contribution in [2.75, 3.05) is 0 Å². The van der Waals surface area contributed by atoms with E-state index >= 15 is 0 Å². The lowest BCUT2D eigenvalue weighted by Gasteiger charge is -2.12. The van der Waals surface area contributed by atoms with Crippen LogP contribution in [0, 0.1) is 11.8 Å². The van der Waals surface area contributed by atoms with Crippen LogP contribution in [0.5, 0.6) is 0 Å². The maximum absolute atomic E-state index is 11.3. The van der Waals surface area contributed by atoms with E-state index in [1.165, 1.54) is 0 Å². The summed E-state index contributed by atoms with van der Waals surface area (Å²) >= 11 is 0. The standard InChI is InChI=1S/C10H16O/c1-7(2)6-9-8(3)4-5-10(9)11/h8-9H,1,4-6H2,2-3H3/t8-,9+/m0/s1. The van der Waals surface area contributed by atoms with Gasteiger partial charge in [0.25, 0.3) is 0 Å². The molecule has 1 fully saturated rings. The maximum Gasteiger partial charge on any atom is 0.136 e. The van der Waals surface area contributed by atoms with Gasteiger partial charge in [0.1, 0.15) is 5.78 Å². The molecule has 1 aliphatic rings. The summed E-state index contributed by atoms with van der Waals surface area (Å²) in [6.45, 7) is 8.00. The minimum Gasteiger partial charge on any atom is -0.299 e. The maximum atomic E-state index is 11.3. The van der Waals surface area contributed by atoms with Gasteiger partial charge < -0.3 is 0 Å². The first-order chi connectivity index (χ1) is 5.11. The van der Waals surface area contributed by atoms with Gasteiger partial charge in [0.05, 0.1) is 0 Å². The fraction of sp³-hybridized carbons (Fsp3) is 0.700. The van der Waals surface area contributed by atoms with Crippen LogP contribution < -0.4 is 0 Å². The molecule has 0 N–H and O–H groups in total. The van der Waals surface area contributed by atoms with Gasteiger partial charge in [-0.05, 0) is 25.7 Å². The number of hydrogen-bond donors (Lipinski definition) is 0. The van der Waals surface area contributed by atoms with Gasteiger partial charge in [-0.25, -0.2) is 0 Å². The Morgan fingerprint density at radius 3 is 2.73 bits per heavy atom. The van der Waals surface area contributed by atoms with Gasteiger partial charge in [-0.2, -0.15) is 0 Å². The summed E-state index contributed by atoms with van der Waals surface area (Å²) in [5.41, 5.74) is 1.14. The molecule has 0 aromatic rings. The Kier molecular flexibility index (Phi) is 2.48. The van der Waals surface area contributed by atoms with Crippen LogP contribution in [0.15, 0.2) is 12.2 Å². The Balaban J connectivity index is 2.54. The number of ketones is 1. The minimum atomic E-state index is 0.285. The Bertz CT molecular complexity index is 181. The molecule has 0 heterocycles. The molecule has 0 aliphatic heterocycles. The second-order valence-electron chi connectivity index (χ2n) is 3.75. The van der Waals surface area contributed by atoms with E-state index in [4.69, 9.17) is 0 Å². The van der Waals surface area contributed by atoms with Crippen molar-refractivity contribution in [2.24, 2.45) is 11.8 Å². The van der Waals surface area contributed by atoms with E-state index in [1.54, 1.807) is 0 Å². The number of rotatable bonds is 2. The van der Waals surface area contributed by atoms with Gasteiger partial charge in [-0.15, -0.1) is 6.58 Å². The molecule has 1 nitrogen and oxygen atoms in total. The van der Waals surface area contributed by atoms with Gasteiger partial charge in [0.15, 0.2) is 0 Å². The zero-order valence-electron chi connectivity index (χ0n) is 7.39. The van der Waals surface area contributed by atoms with Crippen LogP contribution in [0.2, 0.25) is 0 Å². The van der Waals surface area contributed by atoms with Crippen LogP contribution in [0.1, 0.15) is 33.1 Å². The van der Waals surface area contributed by atoms with Crippen molar-refractivity contribution in [3.05, 3.63) is 12.2 Å². The van der Waals surface area contributed by atoms with E-state index in [-0.39, 0.29) is 5.92 Å². The molecule has 1 rings (SSSR count). The van der Waals surface area contributed by atoms with Crippen molar-refractivity contribution in [2.45, 2.75) is 33.1 Å². The highest BCUT2D eigenvalue weighted by molar-refractivity contribution is 5.83. The highest BCUT2D eigenvalue weighted by Crippen LogP contribution is 2.32. The monoisotopic (exact) mass is 152 g/mol. The van der Waals surface area contributed by atoms with E-state index in [0.717, 1.165) is 24.8 Å². The van der Waals surface area contributed by atoms with E-state index in [2.05, 4.69) is 13.5 Å². The van der Waals surface area contributed by atoms with Gasteiger partial charge in [0, 0.05) is 12.3 Å². The van der Waals surface area contributed by atoms with Crippen molar-refractivity contribution < 1.29 is 4.79 Å². The summed E-state index contributed by atoms with van der Waals surface area (Å²) in [6, 6.07) is 0. The molecule has 0 bridgehead atoms. The third-order valence-electron chi connectivity index (χ3n) is 2.51. The molecule has 0 amide bonds. The van der Waals surface area contributed by atoms with E-state index < -0.39 is 0 Å². The molecule has 0 saturated heterocycles. The van der Waals surface area contributed by atoms with Crippen LogP contribution in [0.3, 0.4) is 0 Å². The molecule has 2 atom stereocenters. The number of Topliss-reactive ketones (excluding diaryl/α,β-unsaturated/α-hetero) is 1. The molecule has 0 unspecified atom stereocenters. The summed E-state index contributed by atoms with van der Waals surface area (Å²) in [5.74, 6) is 1.31. The number of hydrogen-bond acceptors (Lipinski definition) is 1. The molecule has 62 valence electrons.